The van der Waals surface area contributed by atoms with Crippen LogP contribution in [0.3, 0.4) is 0 Å². The average Bonchev–Trinajstić information content (AvgIpc) is 3.13. The van der Waals surface area contributed by atoms with Crippen molar-refractivity contribution in [3.63, 3.8) is 0 Å². The Hall–Kier alpha value is -1.59. The van der Waals surface area contributed by atoms with Crippen LogP contribution in [0.1, 0.15) is 23.8 Å². The third kappa shape index (κ3) is 8.76. The zero-order chi connectivity index (χ0) is 18.8. The van der Waals surface area contributed by atoms with Crippen molar-refractivity contribution in [3.8, 4) is 0 Å². The third-order valence-corrected chi connectivity index (χ3v) is 5.00. The van der Waals surface area contributed by atoms with E-state index in [0.717, 1.165) is 29.9 Å². The van der Waals surface area contributed by atoms with Crippen LogP contribution < -0.4 is 15.4 Å². The molecule has 1 heterocycles. The summed E-state index contributed by atoms with van der Waals surface area (Å²) in [4.78, 5) is 4.56. The molecule has 0 aliphatic heterocycles. The number of guanidine groups is 1. The quantitative estimate of drug-likeness (QED) is 0.276. The van der Waals surface area contributed by atoms with Gasteiger partial charge in [0.25, 0.3) is 0 Å². The lowest BCUT2D eigenvalue weighted by Gasteiger charge is -2.11. The summed E-state index contributed by atoms with van der Waals surface area (Å²) in [6, 6.07) is 11.3. The van der Waals surface area contributed by atoms with E-state index < -0.39 is 10.0 Å². The second-order valence-corrected chi connectivity index (χ2v) is 7.66. The van der Waals surface area contributed by atoms with E-state index in [4.69, 9.17) is 4.42 Å². The van der Waals surface area contributed by atoms with Gasteiger partial charge in [-0.25, -0.2) is 18.1 Å². The first-order valence-electron chi connectivity index (χ1n) is 8.56. The predicted octanol–water partition coefficient (Wildman–Crippen LogP) is 2.24. The highest BCUT2D eigenvalue weighted by atomic mass is 127. The first-order valence-corrected chi connectivity index (χ1v) is 10.2. The van der Waals surface area contributed by atoms with Crippen LogP contribution in [0, 0.1) is 0 Å². The molecular weight excluding hydrogens is 479 g/mol. The maximum absolute atomic E-state index is 11.7. The Morgan fingerprint density at radius 1 is 1.15 bits per heavy atom. The minimum Gasteiger partial charge on any atom is -0.469 e. The van der Waals surface area contributed by atoms with E-state index >= 15 is 0 Å². The molecule has 0 spiro atoms. The Bertz CT molecular complexity index is 808. The second kappa shape index (κ2) is 12.0. The molecule has 0 fully saturated rings. The van der Waals surface area contributed by atoms with Gasteiger partial charge in [-0.05, 0) is 37.2 Å². The van der Waals surface area contributed by atoms with Crippen LogP contribution in [-0.4, -0.2) is 34.5 Å². The minimum absolute atomic E-state index is 0. The van der Waals surface area contributed by atoms with Crippen molar-refractivity contribution in [2.24, 2.45) is 4.99 Å². The van der Waals surface area contributed by atoms with Crippen LogP contribution in [0.15, 0.2) is 52.1 Å². The molecule has 3 N–H and O–H groups in total. The molecule has 0 amide bonds. The molecule has 0 radical (unpaired) electrons. The monoisotopic (exact) mass is 506 g/mol. The van der Waals surface area contributed by atoms with Gasteiger partial charge in [0, 0.05) is 19.5 Å². The number of aliphatic imine (C=N–C) groups is 1. The summed E-state index contributed by atoms with van der Waals surface area (Å²) in [5, 5.41) is 6.46. The molecule has 0 aliphatic carbocycles. The summed E-state index contributed by atoms with van der Waals surface area (Å²) in [6.07, 6.45) is 2.44. The third-order valence-electron chi connectivity index (χ3n) is 3.67. The standard InChI is InChI=1S/C18H26N4O3S.HI/c1-3-20-18(21-10-9-17-8-5-11-25-17)22-13-15-6-4-7-16(12-15)14-26(23,24)19-2;/h4-8,11-12,19H,3,9-10,13-14H2,1-2H3,(H2,20,21,22);1H. The number of benzene rings is 1. The van der Waals surface area contributed by atoms with Crippen molar-refractivity contribution in [1.82, 2.24) is 15.4 Å². The molecule has 0 bridgehead atoms. The Labute approximate surface area is 178 Å². The Morgan fingerprint density at radius 3 is 2.59 bits per heavy atom. The van der Waals surface area contributed by atoms with Crippen molar-refractivity contribution in [2.75, 3.05) is 20.1 Å². The van der Waals surface area contributed by atoms with Gasteiger partial charge < -0.3 is 15.1 Å². The molecule has 0 aliphatic rings. The number of sulfonamides is 1. The minimum atomic E-state index is -3.28. The zero-order valence-electron chi connectivity index (χ0n) is 15.6. The Morgan fingerprint density at radius 2 is 1.93 bits per heavy atom. The predicted molar refractivity (Wildman–Crippen MR) is 119 cm³/mol. The lowest BCUT2D eigenvalue weighted by Crippen LogP contribution is -2.38. The average molecular weight is 506 g/mol. The number of rotatable bonds is 9. The van der Waals surface area contributed by atoms with Crippen molar-refractivity contribution in [2.45, 2.75) is 25.6 Å². The highest BCUT2D eigenvalue weighted by molar-refractivity contribution is 14.0. The highest BCUT2D eigenvalue weighted by Crippen LogP contribution is 2.09. The molecule has 9 heteroatoms. The summed E-state index contributed by atoms with van der Waals surface area (Å²) in [5.74, 6) is 1.60. The van der Waals surface area contributed by atoms with E-state index in [0.29, 0.717) is 19.0 Å². The van der Waals surface area contributed by atoms with E-state index in [1.165, 1.54) is 7.05 Å². The SMILES string of the molecule is CCNC(=NCc1cccc(CS(=O)(=O)NC)c1)NCCc1ccco1.I. The molecule has 0 saturated heterocycles. The van der Waals surface area contributed by atoms with E-state index in [1.54, 1.807) is 12.3 Å². The van der Waals surface area contributed by atoms with Crippen LogP contribution in [-0.2, 0) is 28.7 Å². The van der Waals surface area contributed by atoms with Gasteiger partial charge in [0.2, 0.25) is 10.0 Å². The zero-order valence-corrected chi connectivity index (χ0v) is 18.7. The van der Waals surface area contributed by atoms with Crippen LogP contribution in [0.4, 0.5) is 0 Å². The van der Waals surface area contributed by atoms with Crippen LogP contribution in [0.2, 0.25) is 0 Å². The van der Waals surface area contributed by atoms with Crippen LogP contribution >= 0.6 is 24.0 Å². The van der Waals surface area contributed by atoms with Gasteiger partial charge in [-0.3, -0.25) is 0 Å². The lowest BCUT2D eigenvalue weighted by atomic mass is 10.1. The summed E-state index contributed by atoms with van der Waals surface area (Å²) >= 11 is 0. The molecule has 2 rings (SSSR count). The molecule has 27 heavy (non-hydrogen) atoms. The number of hydrogen-bond donors (Lipinski definition) is 3. The van der Waals surface area contributed by atoms with Crippen LogP contribution in [0.25, 0.3) is 0 Å². The Balaban J connectivity index is 0.00000364. The lowest BCUT2D eigenvalue weighted by molar-refractivity contribution is 0.507. The van der Waals surface area contributed by atoms with E-state index in [-0.39, 0.29) is 29.7 Å². The van der Waals surface area contributed by atoms with Crippen LogP contribution in [0.5, 0.6) is 0 Å². The summed E-state index contributed by atoms with van der Waals surface area (Å²) in [5.41, 5.74) is 1.69. The van der Waals surface area contributed by atoms with Crippen molar-refractivity contribution >= 4 is 40.0 Å². The van der Waals surface area contributed by atoms with Gasteiger partial charge in [-0.15, -0.1) is 24.0 Å². The Kier molecular flexibility index (Phi) is 10.4. The second-order valence-electron chi connectivity index (χ2n) is 5.73. The number of furan rings is 1. The summed E-state index contributed by atoms with van der Waals surface area (Å²) in [6.45, 7) is 3.93. The van der Waals surface area contributed by atoms with Gasteiger partial charge >= 0.3 is 0 Å². The largest absolute Gasteiger partial charge is 0.469 e. The fourth-order valence-corrected chi connectivity index (χ4v) is 3.14. The number of nitrogens with zero attached hydrogens (tertiary/aromatic N) is 1. The van der Waals surface area contributed by atoms with Gasteiger partial charge in [0.05, 0.1) is 18.6 Å². The first-order chi connectivity index (χ1) is 12.5. The number of halogens is 1. The maximum Gasteiger partial charge on any atom is 0.215 e. The van der Waals surface area contributed by atoms with E-state index in [2.05, 4.69) is 20.3 Å². The molecular formula is C18H27IN4O3S. The fraction of sp³-hybridized carbons (Fsp3) is 0.389. The van der Waals surface area contributed by atoms with Gasteiger partial charge in [-0.2, -0.15) is 0 Å². The number of nitrogens with one attached hydrogen (secondary N) is 3. The number of hydrogen-bond acceptors (Lipinski definition) is 4. The molecule has 1 aromatic heterocycles. The van der Waals surface area contributed by atoms with Crippen molar-refractivity contribution < 1.29 is 12.8 Å². The molecule has 0 atom stereocenters. The van der Waals surface area contributed by atoms with Gasteiger partial charge in [0.15, 0.2) is 5.96 Å². The molecule has 7 nitrogen and oxygen atoms in total. The maximum atomic E-state index is 11.7. The fourth-order valence-electron chi connectivity index (χ4n) is 2.38. The molecule has 0 saturated carbocycles. The highest BCUT2D eigenvalue weighted by Gasteiger charge is 2.08. The molecule has 0 unspecified atom stereocenters. The first kappa shape index (κ1) is 23.4. The molecule has 1 aromatic carbocycles. The van der Waals surface area contributed by atoms with E-state index in [9.17, 15) is 8.42 Å². The van der Waals surface area contributed by atoms with Crippen molar-refractivity contribution in [3.05, 3.63) is 59.5 Å². The summed E-state index contributed by atoms with van der Waals surface area (Å²) in [7, 11) is -1.86. The van der Waals surface area contributed by atoms with Gasteiger partial charge in [0.1, 0.15) is 5.76 Å². The van der Waals surface area contributed by atoms with Gasteiger partial charge in [-0.1, -0.05) is 24.3 Å². The van der Waals surface area contributed by atoms with E-state index in [1.807, 2.05) is 37.3 Å². The molecule has 2 aromatic rings. The normalized spacial score (nSPS) is 11.7. The summed E-state index contributed by atoms with van der Waals surface area (Å²) < 4.78 is 31.0. The topological polar surface area (TPSA) is 95.7 Å². The smallest absolute Gasteiger partial charge is 0.215 e. The van der Waals surface area contributed by atoms with Crippen molar-refractivity contribution in [1.29, 1.82) is 0 Å². The molecule has 150 valence electrons.